The Labute approximate surface area is 149 Å². The number of benzene rings is 1. The number of aryl methyl sites for hydroxylation is 1. The number of carbonyl (C=O) groups is 2. The van der Waals surface area contributed by atoms with Crippen LogP contribution in [0.5, 0.6) is 11.5 Å². The van der Waals surface area contributed by atoms with Gasteiger partial charge >= 0.3 is 19.1 Å². The largest absolute Gasteiger partial charge is 0.507 e. The minimum absolute atomic E-state index is 0.00419. The van der Waals surface area contributed by atoms with Gasteiger partial charge in [0.15, 0.2) is 0 Å². The lowest BCUT2D eigenvalue weighted by atomic mass is 9.82. The number of nitrogens with two attached hydrogens (primary N) is 1. The lowest BCUT2D eigenvalue weighted by molar-refractivity contribution is -0.139. The first-order valence-electron chi connectivity index (χ1n) is 8.00. The number of hydrogen-bond acceptors (Lipinski definition) is 8. The fourth-order valence-corrected chi connectivity index (χ4v) is 2.69. The second kappa shape index (κ2) is 8.36. The van der Waals surface area contributed by atoms with E-state index in [1.165, 1.54) is 12.1 Å². The summed E-state index contributed by atoms with van der Waals surface area (Å²) in [6.45, 7) is 0.938. The molecule has 0 amide bonds. The van der Waals surface area contributed by atoms with E-state index in [1.807, 2.05) is 0 Å². The highest BCUT2D eigenvalue weighted by Gasteiger charge is 2.32. The number of ether oxygens (including phenoxy) is 1. The van der Waals surface area contributed by atoms with Crippen LogP contribution in [0.25, 0.3) is 0 Å². The summed E-state index contributed by atoms with van der Waals surface area (Å²) in [5.74, 6) is -2.95. The van der Waals surface area contributed by atoms with E-state index < -0.39 is 36.4 Å². The van der Waals surface area contributed by atoms with Crippen LogP contribution in [-0.4, -0.2) is 81.1 Å². The number of nitrogens with zero attached hydrogens (tertiary/aromatic N) is 1. The van der Waals surface area contributed by atoms with E-state index >= 15 is 0 Å². The maximum atomic E-state index is 11.5. The molecule has 0 aromatic heterocycles. The maximum Gasteiger partial charge on any atom is 0.451 e. The number of rotatable bonds is 9. The number of likely N-dealkylation sites (tertiary alicyclic amines) is 1. The molecule has 1 heterocycles. The minimum Gasteiger partial charge on any atom is -0.507 e. The molecule has 0 saturated carbocycles. The molecule has 0 aliphatic carbocycles. The van der Waals surface area contributed by atoms with Crippen molar-refractivity contribution in [2.45, 2.75) is 24.9 Å². The normalized spacial score (nSPS) is 16.0. The monoisotopic (exact) mass is 368 g/mol. The third-order valence-electron chi connectivity index (χ3n) is 4.10. The molecule has 1 aromatic carbocycles. The number of hydrogen-bond donors (Lipinski definition) is 6. The zero-order valence-electron chi connectivity index (χ0n) is 13.9. The number of aromatic carboxylic acids is 1. The van der Waals surface area contributed by atoms with Gasteiger partial charge in [0.2, 0.25) is 0 Å². The lowest BCUT2D eigenvalue weighted by Crippen LogP contribution is -2.58. The molecule has 7 N–H and O–H groups in total. The summed E-state index contributed by atoms with van der Waals surface area (Å²) in [5.41, 5.74) is 5.32. The van der Waals surface area contributed by atoms with Crippen molar-refractivity contribution in [1.82, 2.24) is 4.90 Å². The first-order valence-corrected chi connectivity index (χ1v) is 8.00. The van der Waals surface area contributed by atoms with Crippen LogP contribution in [0.3, 0.4) is 0 Å². The highest BCUT2D eigenvalue weighted by atomic mass is 16.5. The van der Waals surface area contributed by atoms with Gasteiger partial charge in [-0.1, -0.05) is 6.07 Å². The molecule has 1 aliphatic heterocycles. The number of phenols is 1. The zero-order valence-corrected chi connectivity index (χ0v) is 13.9. The third-order valence-corrected chi connectivity index (χ3v) is 4.10. The molecule has 1 aromatic rings. The van der Waals surface area contributed by atoms with Gasteiger partial charge in [0.25, 0.3) is 0 Å². The molecule has 1 aliphatic rings. The average Bonchev–Trinajstić information content (AvgIpc) is 2.51. The van der Waals surface area contributed by atoms with Crippen molar-refractivity contribution in [3.05, 3.63) is 23.3 Å². The molecule has 2 rings (SSSR count). The average molecular weight is 368 g/mol. The van der Waals surface area contributed by atoms with Gasteiger partial charge in [-0.05, 0) is 24.4 Å². The second-order valence-electron chi connectivity index (χ2n) is 6.17. The first kappa shape index (κ1) is 20.0. The second-order valence-corrected chi connectivity index (χ2v) is 6.17. The van der Waals surface area contributed by atoms with Crippen molar-refractivity contribution in [1.29, 1.82) is 0 Å². The van der Waals surface area contributed by atoms with Crippen LogP contribution in [0, 0.1) is 0 Å². The van der Waals surface area contributed by atoms with Gasteiger partial charge < -0.3 is 35.8 Å². The molecule has 142 valence electrons. The van der Waals surface area contributed by atoms with Gasteiger partial charge in [-0.3, -0.25) is 9.69 Å². The predicted molar refractivity (Wildman–Crippen MR) is 90.2 cm³/mol. The quantitative estimate of drug-likeness (QED) is 0.284. The molecular formula is C15H21BN2O8. The van der Waals surface area contributed by atoms with Crippen LogP contribution in [0.15, 0.2) is 12.1 Å². The zero-order chi connectivity index (χ0) is 19.4. The number of carboxylic acids is 2. The summed E-state index contributed by atoms with van der Waals surface area (Å²) >= 11 is 0. The highest BCUT2D eigenvalue weighted by Crippen LogP contribution is 2.33. The lowest BCUT2D eigenvalue weighted by Gasteiger charge is -2.39. The van der Waals surface area contributed by atoms with Gasteiger partial charge in [0.05, 0.1) is 0 Å². The van der Waals surface area contributed by atoms with Crippen LogP contribution < -0.4 is 10.5 Å². The molecule has 26 heavy (non-hydrogen) atoms. The Hall–Kier alpha value is -2.34. The topological polar surface area (TPSA) is 174 Å². The van der Waals surface area contributed by atoms with Crippen molar-refractivity contribution < 1.29 is 39.7 Å². The fraction of sp³-hybridized carbons (Fsp3) is 0.467. The smallest absolute Gasteiger partial charge is 0.451 e. The van der Waals surface area contributed by atoms with E-state index in [2.05, 4.69) is 0 Å². The van der Waals surface area contributed by atoms with Gasteiger partial charge in [0.1, 0.15) is 29.2 Å². The molecule has 1 atom stereocenters. The Morgan fingerprint density at radius 2 is 1.96 bits per heavy atom. The molecule has 0 radical (unpaired) electrons. The molecule has 1 saturated heterocycles. The Morgan fingerprint density at radius 3 is 2.50 bits per heavy atom. The molecular weight excluding hydrogens is 347 g/mol. The van der Waals surface area contributed by atoms with Crippen LogP contribution in [0.1, 0.15) is 15.9 Å². The van der Waals surface area contributed by atoms with E-state index in [0.29, 0.717) is 13.1 Å². The standard InChI is InChI=1S/C15H21BN2O8/c17-10(14(20)21)7-18-5-9(6-18)26-11-2-1-8(3-4-16(24)25)13(19)12(11)15(22)23/h1-2,9-10,19,24-25H,3-7,17H2,(H,20,21)(H,22,23)/t10-/m0/s1. The summed E-state index contributed by atoms with van der Waals surface area (Å²) in [7, 11) is -1.56. The van der Waals surface area contributed by atoms with Gasteiger partial charge in [-0.25, -0.2) is 4.79 Å². The first-order chi connectivity index (χ1) is 12.2. The minimum atomic E-state index is -1.56. The Morgan fingerprint density at radius 1 is 1.31 bits per heavy atom. The Bertz CT molecular complexity index is 678. The van der Waals surface area contributed by atoms with Crippen LogP contribution in [0.4, 0.5) is 0 Å². The van der Waals surface area contributed by atoms with E-state index in [1.54, 1.807) is 4.90 Å². The molecule has 11 heteroatoms. The third kappa shape index (κ3) is 4.85. The maximum absolute atomic E-state index is 11.5. The van der Waals surface area contributed by atoms with Crippen molar-refractivity contribution >= 4 is 19.1 Å². The van der Waals surface area contributed by atoms with Crippen molar-refractivity contribution in [3.63, 3.8) is 0 Å². The SMILES string of the molecule is N[C@@H](CN1CC(Oc2ccc(CCB(O)O)c(O)c2C(=O)O)C1)C(=O)O. The van der Waals surface area contributed by atoms with Crippen LogP contribution in [-0.2, 0) is 11.2 Å². The summed E-state index contributed by atoms with van der Waals surface area (Å²) in [6, 6.07) is 1.88. The van der Waals surface area contributed by atoms with Gasteiger partial charge in [0, 0.05) is 19.6 Å². The summed E-state index contributed by atoms with van der Waals surface area (Å²) in [6.07, 6.45) is -0.304. The van der Waals surface area contributed by atoms with Gasteiger partial charge in [-0.15, -0.1) is 0 Å². The van der Waals surface area contributed by atoms with Crippen molar-refractivity contribution in [2.75, 3.05) is 19.6 Å². The summed E-state index contributed by atoms with van der Waals surface area (Å²) < 4.78 is 5.61. The molecule has 0 bridgehead atoms. The van der Waals surface area contributed by atoms with E-state index in [-0.39, 0.29) is 36.7 Å². The number of aromatic hydroxyl groups is 1. The predicted octanol–water partition coefficient (Wildman–Crippen LogP) is -1.42. The molecule has 10 nitrogen and oxygen atoms in total. The Balaban J connectivity index is 2.03. The molecule has 1 fully saturated rings. The van der Waals surface area contributed by atoms with E-state index in [0.717, 1.165) is 0 Å². The van der Waals surface area contributed by atoms with Crippen LogP contribution in [0.2, 0.25) is 6.32 Å². The highest BCUT2D eigenvalue weighted by molar-refractivity contribution is 6.41. The summed E-state index contributed by atoms with van der Waals surface area (Å²) in [5, 5.41) is 46.1. The fourth-order valence-electron chi connectivity index (χ4n) is 2.69. The summed E-state index contributed by atoms with van der Waals surface area (Å²) in [4.78, 5) is 24.0. The van der Waals surface area contributed by atoms with Crippen molar-refractivity contribution in [3.8, 4) is 11.5 Å². The van der Waals surface area contributed by atoms with E-state index in [9.17, 15) is 19.8 Å². The van der Waals surface area contributed by atoms with Gasteiger partial charge in [-0.2, -0.15) is 0 Å². The number of carboxylic acid groups (broad SMARTS) is 2. The van der Waals surface area contributed by atoms with Crippen LogP contribution >= 0.6 is 0 Å². The van der Waals surface area contributed by atoms with E-state index in [4.69, 9.17) is 25.6 Å². The number of aliphatic carboxylic acids is 1. The molecule has 0 spiro atoms. The molecule has 0 unspecified atom stereocenters. The van der Waals surface area contributed by atoms with Crippen molar-refractivity contribution in [2.24, 2.45) is 5.73 Å². The Kier molecular flexibility index (Phi) is 6.43.